The van der Waals surface area contributed by atoms with Gasteiger partial charge in [-0.2, -0.15) is 0 Å². The van der Waals surface area contributed by atoms with Crippen molar-refractivity contribution in [3.63, 3.8) is 0 Å². The molecule has 0 saturated carbocycles. The molecule has 2 bridgehead atoms. The highest BCUT2D eigenvalue weighted by Crippen LogP contribution is 2.50. The highest BCUT2D eigenvalue weighted by Gasteiger charge is 2.42. The van der Waals surface area contributed by atoms with Crippen molar-refractivity contribution >= 4 is 21.8 Å². The zero-order valence-corrected chi connectivity index (χ0v) is 24.0. The van der Waals surface area contributed by atoms with Crippen molar-refractivity contribution < 1.29 is 17.9 Å². The molecule has 0 N–H and O–H groups in total. The number of nitrogens with zero attached hydrogens (tertiary/aromatic N) is 2. The Labute approximate surface area is 242 Å². The number of likely N-dealkylation sites (tertiary alicyclic amines) is 1. The second-order valence-electron chi connectivity index (χ2n) is 10.9. The van der Waals surface area contributed by atoms with Crippen LogP contribution < -0.4 is 4.31 Å². The Morgan fingerprint density at radius 1 is 0.878 bits per heavy atom. The van der Waals surface area contributed by atoms with E-state index in [4.69, 9.17) is 4.74 Å². The van der Waals surface area contributed by atoms with Gasteiger partial charge in [0.05, 0.1) is 16.6 Å². The molecule has 4 aromatic rings. The van der Waals surface area contributed by atoms with Crippen molar-refractivity contribution in [1.82, 2.24) is 4.90 Å². The van der Waals surface area contributed by atoms with Crippen LogP contribution in [0.25, 0.3) is 0 Å². The second kappa shape index (κ2) is 11.4. The van der Waals surface area contributed by atoms with E-state index in [0.717, 1.165) is 35.1 Å². The molecule has 7 heteroatoms. The fourth-order valence-corrected chi connectivity index (χ4v) is 7.50. The van der Waals surface area contributed by atoms with Gasteiger partial charge >= 0.3 is 6.09 Å². The first-order chi connectivity index (χ1) is 19.9. The maximum atomic E-state index is 14.0. The number of carbonyl (C=O) groups excluding carboxylic acids is 1. The SMILES string of the molecule is Cc1ccc(S(=O)(=O)N(CCc2ccccc2)c2ccc3c(c2)C2CC3CCN2C(=O)OCc2ccccc2)cc1. The zero-order valence-electron chi connectivity index (χ0n) is 23.1. The van der Waals surface area contributed by atoms with Crippen LogP contribution >= 0.6 is 0 Å². The van der Waals surface area contributed by atoms with Crippen molar-refractivity contribution in [1.29, 1.82) is 0 Å². The second-order valence-corrected chi connectivity index (χ2v) is 12.8. The van der Waals surface area contributed by atoms with Crippen LogP contribution in [0.4, 0.5) is 10.5 Å². The number of fused-ring (bicyclic) bond motifs is 5. The lowest BCUT2D eigenvalue weighted by molar-refractivity contribution is 0.0694. The summed E-state index contributed by atoms with van der Waals surface area (Å²) in [6.07, 6.45) is 1.94. The summed E-state index contributed by atoms with van der Waals surface area (Å²) in [5.74, 6) is 0.355. The number of piperidine rings is 1. The number of amides is 1. The molecular formula is C34H34N2O4S. The maximum Gasteiger partial charge on any atom is 0.410 e. The van der Waals surface area contributed by atoms with Crippen molar-refractivity contribution in [2.24, 2.45) is 0 Å². The van der Waals surface area contributed by atoms with Gasteiger partial charge in [-0.25, -0.2) is 13.2 Å². The molecule has 1 aliphatic heterocycles. The van der Waals surface area contributed by atoms with E-state index >= 15 is 0 Å². The molecule has 6 rings (SSSR count). The molecule has 2 aliphatic rings. The summed E-state index contributed by atoms with van der Waals surface area (Å²) in [5, 5.41) is 0. The smallest absolute Gasteiger partial charge is 0.410 e. The first kappa shape index (κ1) is 27.1. The molecule has 1 amide bonds. The lowest BCUT2D eigenvalue weighted by Crippen LogP contribution is -2.38. The van der Waals surface area contributed by atoms with Crippen LogP contribution in [0, 0.1) is 6.92 Å². The molecule has 4 aromatic carbocycles. The summed E-state index contributed by atoms with van der Waals surface area (Å²) in [5.41, 5.74) is 5.86. The molecule has 1 aliphatic carbocycles. The summed E-state index contributed by atoms with van der Waals surface area (Å²) in [4.78, 5) is 15.3. The van der Waals surface area contributed by atoms with Crippen molar-refractivity contribution in [3.8, 4) is 0 Å². The molecular weight excluding hydrogens is 532 g/mol. The number of ether oxygens (including phenoxy) is 1. The lowest BCUT2D eigenvalue weighted by Gasteiger charge is -2.33. The van der Waals surface area contributed by atoms with Crippen LogP contribution in [-0.4, -0.2) is 32.5 Å². The minimum absolute atomic E-state index is 0.134. The molecule has 2 unspecified atom stereocenters. The van der Waals surface area contributed by atoms with Gasteiger partial charge in [-0.3, -0.25) is 4.31 Å². The van der Waals surface area contributed by atoms with Gasteiger partial charge in [-0.05, 0) is 78.6 Å². The molecule has 0 spiro atoms. The fourth-order valence-electron chi connectivity index (χ4n) is 6.04. The Kier molecular flexibility index (Phi) is 7.54. The van der Waals surface area contributed by atoms with E-state index in [1.54, 1.807) is 12.1 Å². The number of sulfonamides is 1. The van der Waals surface area contributed by atoms with Crippen LogP contribution in [0.2, 0.25) is 0 Å². The number of hydrogen-bond acceptors (Lipinski definition) is 4. The molecule has 41 heavy (non-hydrogen) atoms. The molecule has 1 heterocycles. The molecule has 2 atom stereocenters. The van der Waals surface area contributed by atoms with Gasteiger partial charge in [-0.1, -0.05) is 84.4 Å². The highest BCUT2D eigenvalue weighted by atomic mass is 32.2. The van der Waals surface area contributed by atoms with Crippen LogP contribution in [0.3, 0.4) is 0 Å². The van der Waals surface area contributed by atoms with E-state index in [1.807, 2.05) is 96.8 Å². The Hall–Kier alpha value is -4.10. The predicted molar refractivity (Wildman–Crippen MR) is 160 cm³/mol. The normalized spacial score (nSPS) is 17.6. The summed E-state index contributed by atoms with van der Waals surface area (Å²) in [7, 11) is -3.82. The van der Waals surface area contributed by atoms with Crippen LogP contribution in [0.1, 0.15) is 52.6 Å². The maximum absolute atomic E-state index is 14.0. The van der Waals surface area contributed by atoms with Gasteiger partial charge in [0.1, 0.15) is 6.61 Å². The van der Waals surface area contributed by atoms with Crippen molar-refractivity contribution in [2.45, 2.75) is 49.6 Å². The summed E-state index contributed by atoms with van der Waals surface area (Å²) < 4.78 is 35.3. The third-order valence-corrected chi connectivity index (χ3v) is 10.1. The number of carbonyl (C=O) groups is 1. The van der Waals surface area contributed by atoms with Crippen molar-refractivity contribution in [2.75, 3.05) is 17.4 Å². The molecule has 1 saturated heterocycles. The number of hydrogen-bond donors (Lipinski definition) is 0. The van der Waals surface area contributed by atoms with Gasteiger partial charge in [0.15, 0.2) is 0 Å². The van der Waals surface area contributed by atoms with Crippen LogP contribution in [0.15, 0.2) is 108 Å². The van der Waals surface area contributed by atoms with Crippen molar-refractivity contribution in [3.05, 3.63) is 131 Å². The Balaban J connectivity index is 1.30. The first-order valence-electron chi connectivity index (χ1n) is 14.1. The Morgan fingerprint density at radius 3 is 2.27 bits per heavy atom. The topological polar surface area (TPSA) is 66.9 Å². The summed E-state index contributed by atoms with van der Waals surface area (Å²) in [6, 6.07) is 32.4. The Bertz CT molecular complexity index is 1620. The third kappa shape index (κ3) is 5.59. The first-order valence-corrected chi connectivity index (χ1v) is 15.6. The largest absolute Gasteiger partial charge is 0.445 e. The third-order valence-electron chi connectivity index (χ3n) is 8.25. The quantitative estimate of drug-likeness (QED) is 0.230. The van der Waals surface area contributed by atoms with Gasteiger partial charge < -0.3 is 9.64 Å². The molecule has 0 radical (unpaired) electrons. The predicted octanol–water partition coefficient (Wildman–Crippen LogP) is 7.00. The van der Waals surface area contributed by atoms with E-state index in [2.05, 4.69) is 6.07 Å². The number of benzene rings is 4. The molecule has 210 valence electrons. The van der Waals surface area contributed by atoms with E-state index in [-0.39, 0.29) is 23.6 Å². The fraction of sp³-hybridized carbons (Fsp3) is 0.265. The summed E-state index contributed by atoms with van der Waals surface area (Å²) >= 11 is 0. The molecule has 1 fully saturated rings. The van der Waals surface area contributed by atoms with E-state index in [9.17, 15) is 13.2 Å². The van der Waals surface area contributed by atoms with E-state index in [0.29, 0.717) is 31.1 Å². The van der Waals surface area contributed by atoms with E-state index < -0.39 is 10.0 Å². The van der Waals surface area contributed by atoms with Crippen LogP contribution in [-0.2, 0) is 27.8 Å². The number of rotatable bonds is 8. The number of anilines is 1. The monoisotopic (exact) mass is 566 g/mol. The van der Waals surface area contributed by atoms with Crippen LogP contribution in [0.5, 0.6) is 0 Å². The van der Waals surface area contributed by atoms with Gasteiger partial charge in [0, 0.05) is 13.1 Å². The van der Waals surface area contributed by atoms with E-state index in [1.165, 1.54) is 9.87 Å². The molecule has 0 aromatic heterocycles. The van der Waals surface area contributed by atoms with Gasteiger partial charge in [0.2, 0.25) is 0 Å². The molecule has 6 nitrogen and oxygen atoms in total. The highest BCUT2D eigenvalue weighted by molar-refractivity contribution is 7.92. The minimum atomic E-state index is -3.82. The van der Waals surface area contributed by atoms with Gasteiger partial charge in [0.25, 0.3) is 10.0 Å². The lowest BCUT2D eigenvalue weighted by atomic mass is 9.96. The van der Waals surface area contributed by atoms with Gasteiger partial charge in [-0.15, -0.1) is 0 Å². The summed E-state index contributed by atoms with van der Waals surface area (Å²) in [6.45, 7) is 3.09. The number of aryl methyl sites for hydroxylation is 1. The average molecular weight is 567 g/mol. The standard InChI is InChI=1S/C34H34N2O4S/c1-25-12-15-30(16-13-25)41(38,39)36(21-18-26-8-4-2-5-9-26)29-14-17-31-28-19-20-35(33(22-28)32(31)23-29)34(37)40-24-27-10-6-3-7-11-27/h2-17,23,28,33H,18-22,24H2,1H3. The Morgan fingerprint density at radius 2 is 1.56 bits per heavy atom. The zero-order chi connectivity index (χ0) is 28.4. The minimum Gasteiger partial charge on any atom is -0.445 e. The average Bonchev–Trinajstić information content (AvgIpc) is 3.28.